The van der Waals surface area contributed by atoms with E-state index in [0.717, 1.165) is 30.6 Å². The van der Waals surface area contributed by atoms with Crippen LogP contribution in [0.15, 0.2) is 36.7 Å². The minimum absolute atomic E-state index is 0.0185. The second-order valence-electron chi connectivity index (χ2n) is 5.61. The van der Waals surface area contributed by atoms with Crippen molar-refractivity contribution in [3.63, 3.8) is 0 Å². The standard InChI is InChI=1S/C16H20N4O/c1-12-5-2-3-7-15(12)20-10-13(9-18-20)16(21)19-8-4-6-14(17)11-19/h2-3,5,7,9-10,14H,4,6,8,11,17H2,1H3. The summed E-state index contributed by atoms with van der Waals surface area (Å²) in [7, 11) is 0. The summed E-state index contributed by atoms with van der Waals surface area (Å²) < 4.78 is 1.76. The Morgan fingerprint density at radius 1 is 1.38 bits per heavy atom. The van der Waals surface area contributed by atoms with Crippen molar-refractivity contribution < 1.29 is 4.79 Å². The summed E-state index contributed by atoms with van der Waals surface area (Å²) >= 11 is 0. The van der Waals surface area contributed by atoms with Crippen molar-refractivity contribution in [2.24, 2.45) is 5.73 Å². The number of hydrogen-bond acceptors (Lipinski definition) is 3. The van der Waals surface area contributed by atoms with Crippen molar-refractivity contribution in [1.82, 2.24) is 14.7 Å². The normalized spacial score (nSPS) is 18.8. The van der Waals surface area contributed by atoms with E-state index in [2.05, 4.69) is 5.10 Å². The van der Waals surface area contributed by atoms with E-state index in [1.54, 1.807) is 17.1 Å². The van der Waals surface area contributed by atoms with Gasteiger partial charge in [0.05, 0.1) is 17.4 Å². The molecule has 0 saturated carbocycles. The summed E-state index contributed by atoms with van der Waals surface area (Å²) in [5.74, 6) is 0.0185. The zero-order valence-corrected chi connectivity index (χ0v) is 12.2. The monoisotopic (exact) mass is 284 g/mol. The topological polar surface area (TPSA) is 64.2 Å². The van der Waals surface area contributed by atoms with Gasteiger partial charge in [0.25, 0.3) is 5.91 Å². The van der Waals surface area contributed by atoms with E-state index in [1.165, 1.54) is 0 Å². The van der Waals surface area contributed by atoms with Crippen LogP contribution in [-0.4, -0.2) is 39.7 Å². The Bertz CT molecular complexity index is 649. The first kappa shape index (κ1) is 13.8. The van der Waals surface area contributed by atoms with Crippen molar-refractivity contribution in [2.45, 2.75) is 25.8 Å². The lowest BCUT2D eigenvalue weighted by Gasteiger charge is -2.30. The Balaban J connectivity index is 1.82. The molecule has 110 valence electrons. The molecular weight excluding hydrogens is 264 g/mol. The van der Waals surface area contributed by atoms with Crippen molar-refractivity contribution >= 4 is 5.91 Å². The fourth-order valence-corrected chi connectivity index (χ4v) is 2.76. The first-order valence-corrected chi connectivity index (χ1v) is 7.30. The molecule has 2 heterocycles. The highest BCUT2D eigenvalue weighted by atomic mass is 16.2. The van der Waals surface area contributed by atoms with Crippen LogP contribution >= 0.6 is 0 Å². The van der Waals surface area contributed by atoms with Crippen LogP contribution in [0.4, 0.5) is 0 Å². The SMILES string of the molecule is Cc1ccccc1-n1cc(C(=O)N2CCCC(N)C2)cn1. The maximum absolute atomic E-state index is 12.5. The number of aromatic nitrogens is 2. The molecule has 0 radical (unpaired) electrons. The van der Waals surface area contributed by atoms with Gasteiger partial charge in [0, 0.05) is 25.3 Å². The van der Waals surface area contributed by atoms with E-state index in [4.69, 9.17) is 5.73 Å². The van der Waals surface area contributed by atoms with Crippen molar-refractivity contribution in [1.29, 1.82) is 0 Å². The van der Waals surface area contributed by atoms with E-state index in [-0.39, 0.29) is 11.9 Å². The average Bonchev–Trinajstić information content (AvgIpc) is 2.96. The maximum Gasteiger partial charge on any atom is 0.257 e. The first-order valence-electron chi connectivity index (χ1n) is 7.30. The summed E-state index contributed by atoms with van der Waals surface area (Å²) in [5, 5.41) is 4.32. The van der Waals surface area contributed by atoms with Crippen LogP contribution in [0.3, 0.4) is 0 Å². The second-order valence-corrected chi connectivity index (χ2v) is 5.61. The summed E-state index contributed by atoms with van der Waals surface area (Å²) in [6, 6.07) is 8.07. The van der Waals surface area contributed by atoms with Gasteiger partial charge in [0.15, 0.2) is 0 Å². The molecule has 2 N–H and O–H groups in total. The molecule has 1 amide bonds. The van der Waals surface area contributed by atoms with Gasteiger partial charge in [-0.1, -0.05) is 18.2 Å². The molecule has 0 spiro atoms. The third-order valence-electron chi connectivity index (χ3n) is 3.94. The molecule has 1 atom stereocenters. The number of benzene rings is 1. The predicted molar refractivity (Wildman–Crippen MR) is 81.4 cm³/mol. The lowest BCUT2D eigenvalue weighted by atomic mass is 10.1. The van der Waals surface area contributed by atoms with Crippen LogP contribution in [0.25, 0.3) is 5.69 Å². The van der Waals surface area contributed by atoms with Gasteiger partial charge in [-0.05, 0) is 31.4 Å². The molecule has 5 heteroatoms. The molecule has 1 fully saturated rings. The number of rotatable bonds is 2. The number of piperidine rings is 1. The van der Waals surface area contributed by atoms with E-state index in [9.17, 15) is 4.79 Å². The van der Waals surface area contributed by atoms with Crippen molar-refractivity contribution in [3.8, 4) is 5.69 Å². The quantitative estimate of drug-likeness (QED) is 0.913. The van der Waals surface area contributed by atoms with Gasteiger partial charge < -0.3 is 10.6 Å². The number of hydrogen-bond donors (Lipinski definition) is 1. The van der Waals surface area contributed by atoms with Crippen LogP contribution < -0.4 is 5.73 Å². The number of para-hydroxylation sites is 1. The van der Waals surface area contributed by atoms with Crippen LogP contribution in [0, 0.1) is 6.92 Å². The molecule has 1 aliphatic rings. The number of nitrogens with zero attached hydrogens (tertiary/aromatic N) is 3. The van der Waals surface area contributed by atoms with Crippen LogP contribution in [0.1, 0.15) is 28.8 Å². The summed E-state index contributed by atoms with van der Waals surface area (Å²) in [5.41, 5.74) is 8.68. The number of amides is 1. The summed E-state index contributed by atoms with van der Waals surface area (Å²) in [6.45, 7) is 3.44. The Morgan fingerprint density at radius 2 is 2.19 bits per heavy atom. The fourth-order valence-electron chi connectivity index (χ4n) is 2.76. The molecule has 21 heavy (non-hydrogen) atoms. The van der Waals surface area contributed by atoms with Gasteiger partial charge in [0.1, 0.15) is 0 Å². The van der Waals surface area contributed by atoms with Crippen LogP contribution in [0.5, 0.6) is 0 Å². The molecule has 1 aromatic carbocycles. The van der Waals surface area contributed by atoms with Gasteiger partial charge in [0.2, 0.25) is 0 Å². The molecule has 3 rings (SSSR count). The Labute approximate surface area is 124 Å². The number of carbonyl (C=O) groups excluding carboxylic acids is 1. The van der Waals surface area contributed by atoms with Crippen LogP contribution in [0.2, 0.25) is 0 Å². The van der Waals surface area contributed by atoms with Crippen molar-refractivity contribution in [3.05, 3.63) is 47.8 Å². The number of nitrogens with two attached hydrogens (primary N) is 1. The molecule has 0 bridgehead atoms. The van der Waals surface area contributed by atoms with Gasteiger partial charge in [-0.3, -0.25) is 4.79 Å². The highest BCUT2D eigenvalue weighted by Crippen LogP contribution is 2.16. The zero-order chi connectivity index (χ0) is 14.8. The Morgan fingerprint density at radius 3 is 2.95 bits per heavy atom. The third-order valence-corrected chi connectivity index (χ3v) is 3.94. The summed E-state index contributed by atoms with van der Waals surface area (Å²) in [6.07, 6.45) is 5.39. The maximum atomic E-state index is 12.5. The molecule has 1 saturated heterocycles. The number of aryl methyl sites for hydroxylation is 1. The van der Waals surface area contributed by atoms with E-state index >= 15 is 0 Å². The van der Waals surface area contributed by atoms with Crippen LogP contribution in [-0.2, 0) is 0 Å². The molecule has 1 aliphatic heterocycles. The Hall–Kier alpha value is -2.14. The highest BCUT2D eigenvalue weighted by molar-refractivity contribution is 5.94. The largest absolute Gasteiger partial charge is 0.337 e. The molecule has 0 aliphatic carbocycles. The first-order chi connectivity index (χ1) is 10.1. The number of carbonyl (C=O) groups is 1. The smallest absolute Gasteiger partial charge is 0.257 e. The molecule has 5 nitrogen and oxygen atoms in total. The lowest BCUT2D eigenvalue weighted by molar-refractivity contribution is 0.0709. The van der Waals surface area contributed by atoms with Gasteiger partial charge in [-0.25, -0.2) is 4.68 Å². The summed E-state index contributed by atoms with van der Waals surface area (Å²) in [4.78, 5) is 14.3. The van der Waals surface area contributed by atoms with Gasteiger partial charge >= 0.3 is 0 Å². The molecule has 1 aromatic heterocycles. The van der Waals surface area contributed by atoms with Gasteiger partial charge in [-0.2, -0.15) is 5.10 Å². The minimum atomic E-state index is 0.0185. The zero-order valence-electron chi connectivity index (χ0n) is 12.2. The Kier molecular flexibility index (Phi) is 3.75. The van der Waals surface area contributed by atoms with Gasteiger partial charge in [-0.15, -0.1) is 0 Å². The predicted octanol–water partition coefficient (Wildman–Crippen LogP) is 1.74. The van der Waals surface area contributed by atoms with Crippen molar-refractivity contribution in [2.75, 3.05) is 13.1 Å². The van der Waals surface area contributed by atoms with E-state index in [1.807, 2.05) is 36.1 Å². The fraction of sp³-hybridized carbons (Fsp3) is 0.375. The third kappa shape index (κ3) is 2.83. The molecular formula is C16H20N4O. The van der Waals surface area contributed by atoms with E-state index < -0.39 is 0 Å². The lowest BCUT2D eigenvalue weighted by Crippen LogP contribution is -2.45. The highest BCUT2D eigenvalue weighted by Gasteiger charge is 2.23. The number of likely N-dealkylation sites (tertiary alicyclic amines) is 1. The second kappa shape index (κ2) is 5.69. The minimum Gasteiger partial charge on any atom is -0.337 e. The molecule has 2 aromatic rings. The molecule has 1 unspecified atom stereocenters. The average molecular weight is 284 g/mol. The van der Waals surface area contributed by atoms with E-state index in [0.29, 0.717) is 12.1 Å².